The molecule has 0 aliphatic carbocycles. The normalized spacial score (nSPS) is 20.8. The van der Waals surface area contributed by atoms with Gasteiger partial charge in [-0.15, -0.1) is 0 Å². The third-order valence-corrected chi connectivity index (χ3v) is 3.63. The van der Waals surface area contributed by atoms with Gasteiger partial charge >= 0.3 is 0 Å². The Morgan fingerprint density at radius 2 is 2.28 bits per heavy atom. The number of carbonyl (C=O) groups excluding carboxylic acids is 1. The van der Waals surface area contributed by atoms with Gasteiger partial charge in [0, 0.05) is 26.2 Å². The third kappa shape index (κ3) is 2.56. The molecule has 5 heteroatoms. The van der Waals surface area contributed by atoms with Crippen molar-refractivity contribution in [3.63, 3.8) is 0 Å². The molecule has 0 radical (unpaired) electrons. The first-order chi connectivity index (χ1) is 8.63. The van der Waals surface area contributed by atoms with Crippen molar-refractivity contribution in [2.75, 3.05) is 13.1 Å². The van der Waals surface area contributed by atoms with E-state index in [2.05, 4.69) is 5.10 Å². The predicted molar refractivity (Wildman–Crippen MR) is 70.3 cm³/mol. The molecule has 18 heavy (non-hydrogen) atoms. The number of nitrogens with zero attached hydrogens (tertiary/aromatic N) is 3. The highest BCUT2D eigenvalue weighted by molar-refractivity contribution is 5.93. The molecule has 1 atom stereocenters. The predicted octanol–water partition coefficient (Wildman–Crippen LogP) is 1.07. The lowest BCUT2D eigenvalue weighted by Gasteiger charge is -2.29. The van der Waals surface area contributed by atoms with E-state index < -0.39 is 0 Å². The summed E-state index contributed by atoms with van der Waals surface area (Å²) in [5.74, 6) is 0.0652. The molecule has 0 aromatic carbocycles. The molecule has 1 aliphatic heterocycles. The van der Waals surface area contributed by atoms with Crippen molar-refractivity contribution in [3.05, 3.63) is 17.5 Å². The van der Waals surface area contributed by atoms with Gasteiger partial charge in [0.05, 0.1) is 5.69 Å². The average molecular weight is 250 g/mol. The van der Waals surface area contributed by atoms with E-state index in [0.717, 1.165) is 31.5 Å². The molecule has 0 spiro atoms. The molecule has 2 rings (SSSR count). The number of nitrogens with two attached hydrogens (primary N) is 1. The Balaban J connectivity index is 2.22. The molecule has 1 aliphatic rings. The molecular formula is C13H22N4O. The summed E-state index contributed by atoms with van der Waals surface area (Å²) in [5.41, 5.74) is 7.34. The van der Waals surface area contributed by atoms with E-state index in [4.69, 9.17) is 5.73 Å². The van der Waals surface area contributed by atoms with Crippen LogP contribution >= 0.6 is 0 Å². The quantitative estimate of drug-likeness (QED) is 0.854. The number of aromatic nitrogens is 2. The Hall–Kier alpha value is -1.36. The minimum absolute atomic E-state index is 0.0652. The average Bonchev–Trinajstić information content (AvgIpc) is 2.56. The molecule has 1 unspecified atom stereocenters. The lowest BCUT2D eigenvalue weighted by Crippen LogP contribution is -2.44. The highest BCUT2D eigenvalue weighted by Gasteiger charge is 2.27. The summed E-state index contributed by atoms with van der Waals surface area (Å²) >= 11 is 0. The highest BCUT2D eigenvalue weighted by atomic mass is 16.2. The maximum atomic E-state index is 12.6. The van der Waals surface area contributed by atoms with Gasteiger partial charge < -0.3 is 10.6 Å². The Labute approximate surface area is 108 Å². The molecule has 2 heterocycles. The van der Waals surface area contributed by atoms with Crippen LogP contribution in [0, 0.1) is 6.92 Å². The largest absolute Gasteiger partial charge is 0.333 e. The first kappa shape index (κ1) is 13.1. The van der Waals surface area contributed by atoms with Crippen molar-refractivity contribution in [2.45, 2.75) is 38.6 Å². The standard InChI is InChI=1S/C13H22N4O/c1-10-8-12(16(2)15-10)13(18)17-7-5-3-4-6-11(17)9-14/h8,11H,3-7,9,14H2,1-2H3. The van der Waals surface area contributed by atoms with Crippen molar-refractivity contribution in [2.24, 2.45) is 12.8 Å². The smallest absolute Gasteiger partial charge is 0.272 e. The Morgan fingerprint density at radius 1 is 1.50 bits per heavy atom. The van der Waals surface area contributed by atoms with E-state index in [9.17, 15) is 4.79 Å². The molecule has 100 valence electrons. The number of carbonyl (C=O) groups is 1. The topological polar surface area (TPSA) is 64.2 Å². The summed E-state index contributed by atoms with van der Waals surface area (Å²) in [7, 11) is 1.81. The van der Waals surface area contributed by atoms with Crippen molar-refractivity contribution >= 4 is 5.91 Å². The van der Waals surface area contributed by atoms with Crippen LogP contribution in [0.5, 0.6) is 0 Å². The lowest BCUT2D eigenvalue weighted by atomic mass is 10.1. The van der Waals surface area contributed by atoms with E-state index in [0.29, 0.717) is 12.2 Å². The maximum Gasteiger partial charge on any atom is 0.272 e. The van der Waals surface area contributed by atoms with E-state index >= 15 is 0 Å². The van der Waals surface area contributed by atoms with Crippen molar-refractivity contribution in [1.82, 2.24) is 14.7 Å². The van der Waals surface area contributed by atoms with E-state index in [1.54, 1.807) is 4.68 Å². The molecule has 5 nitrogen and oxygen atoms in total. The van der Waals surface area contributed by atoms with Crippen LogP contribution in [0.15, 0.2) is 6.07 Å². The number of hydrogen-bond donors (Lipinski definition) is 1. The van der Waals surface area contributed by atoms with Gasteiger partial charge in [0.25, 0.3) is 5.91 Å². The summed E-state index contributed by atoms with van der Waals surface area (Å²) in [6.07, 6.45) is 4.43. The lowest BCUT2D eigenvalue weighted by molar-refractivity contribution is 0.0677. The Morgan fingerprint density at radius 3 is 2.89 bits per heavy atom. The fraction of sp³-hybridized carbons (Fsp3) is 0.692. The molecular weight excluding hydrogens is 228 g/mol. The van der Waals surface area contributed by atoms with Crippen LogP contribution in [0.2, 0.25) is 0 Å². The molecule has 2 N–H and O–H groups in total. The number of likely N-dealkylation sites (tertiary alicyclic amines) is 1. The van der Waals surface area contributed by atoms with Gasteiger partial charge in [0.1, 0.15) is 5.69 Å². The number of aryl methyl sites for hydroxylation is 2. The Bertz CT molecular complexity index is 427. The van der Waals surface area contributed by atoms with Crippen LogP contribution in [-0.4, -0.2) is 39.7 Å². The number of rotatable bonds is 2. The minimum atomic E-state index is 0.0652. The second kappa shape index (κ2) is 5.52. The van der Waals surface area contributed by atoms with Crippen LogP contribution in [0.3, 0.4) is 0 Å². The second-order valence-electron chi connectivity index (χ2n) is 5.03. The zero-order chi connectivity index (χ0) is 13.1. The van der Waals surface area contributed by atoms with E-state index in [1.165, 1.54) is 6.42 Å². The van der Waals surface area contributed by atoms with Gasteiger partial charge in [-0.05, 0) is 25.8 Å². The van der Waals surface area contributed by atoms with Gasteiger partial charge in [0.2, 0.25) is 0 Å². The maximum absolute atomic E-state index is 12.6. The first-order valence-corrected chi connectivity index (χ1v) is 6.65. The van der Waals surface area contributed by atoms with E-state index in [-0.39, 0.29) is 11.9 Å². The van der Waals surface area contributed by atoms with Crippen LogP contribution in [0.25, 0.3) is 0 Å². The summed E-state index contributed by atoms with van der Waals surface area (Å²) < 4.78 is 1.66. The zero-order valence-corrected chi connectivity index (χ0v) is 11.2. The van der Waals surface area contributed by atoms with Gasteiger partial charge in [0.15, 0.2) is 0 Å². The summed E-state index contributed by atoms with van der Waals surface area (Å²) in [4.78, 5) is 14.5. The molecule has 0 bridgehead atoms. The minimum Gasteiger partial charge on any atom is -0.333 e. The first-order valence-electron chi connectivity index (χ1n) is 6.65. The van der Waals surface area contributed by atoms with Crippen molar-refractivity contribution in [3.8, 4) is 0 Å². The summed E-state index contributed by atoms with van der Waals surface area (Å²) in [5, 5.41) is 4.24. The second-order valence-corrected chi connectivity index (χ2v) is 5.03. The summed E-state index contributed by atoms with van der Waals surface area (Å²) in [6.45, 7) is 3.26. The highest BCUT2D eigenvalue weighted by Crippen LogP contribution is 2.19. The number of hydrogen-bond acceptors (Lipinski definition) is 3. The van der Waals surface area contributed by atoms with Gasteiger partial charge in [-0.25, -0.2) is 0 Å². The van der Waals surface area contributed by atoms with E-state index in [1.807, 2.05) is 24.9 Å². The molecule has 1 fully saturated rings. The fourth-order valence-corrected chi connectivity index (χ4v) is 2.65. The monoisotopic (exact) mass is 250 g/mol. The van der Waals surface area contributed by atoms with Crippen LogP contribution < -0.4 is 5.73 Å². The fourth-order valence-electron chi connectivity index (χ4n) is 2.65. The number of amides is 1. The van der Waals surface area contributed by atoms with Gasteiger partial charge in [-0.2, -0.15) is 5.10 Å². The molecule has 0 saturated carbocycles. The van der Waals surface area contributed by atoms with Crippen LogP contribution in [0.4, 0.5) is 0 Å². The zero-order valence-electron chi connectivity index (χ0n) is 11.2. The Kier molecular flexibility index (Phi) is 4.01. The third-order valence-electron chi connectivity index (χ3n) is 3.63. The van der Waals surface area contributed by atoms with Crippen molar-refractivity contribution < 1.29 is 4.79 Å². The summed E-state index contributed by atoms with van der Waals surface area (Å²) in [6, 6.07) is 2.02. The molecule has 1 aromatic rings. The van der Waals surface area contributed by atoms with Crippen LogP contribution in [0.1, 0.15) is 41.9 Å². The SMILES string of the molecule is Cc1cc(C(=O)N2CCCCCC2CN)n(C)n1. The van der Waals surface area contributed by atoms with Gasteiger partial charge in [-0.3, -0.25) is 9.48 Å². The van der Waals surface area contributed by atoms with Gasteiger partial charge in [-0.1, -0.05) is 12.8 Å². The molecule has 1 aromatic heterocycles. The van der Waals surface area contributed by atoms with Crippen LogP contribution in [-0.2, 0) is 7.05 Å². The molecule has 1 amide bonds. The van der Waals surface area contributed by atoms with Crippen molar-refractivity contribution in [1.29, 1.82) is 0 Å². The molecule has 1 saturated heterocycles.